The summed E-state index contributed by atoms with van der Waals surface area (Å²) in [6.07, 6.45) is 1.03. The van der Waals surface area contributed by atoms with E-state index < -0.39 is 63.9 Å². The van der Waals surface area contributed by atoms with Crippen LogP contribution in [0.25, 0.3) is 11.0 Å². The van der Waals surface area contributed by atoms with Crippen LogP contribution >= 0.6 is 0 Å². The third-order valence-corrected chi connectivity index (χ3v) is 14.0. The van der Waals surface area contributed by atoms with Crippen LogP contribution in [-0.4, -0.2) is 86.6 Å². The maximum Gasteiger partial charge on any atom is 0.411 e. The molecule has 1 aromatic heterocycles. The summed E-state index contributed by atoms with van der Waals surface area (Å²) in [5.41, 5.74) is -2.71. The number of nitrogens with one attached hydrogen (secondary N) is 1. The topological polar surface area (TPSA) is 190 Å². The molecule has 0 saturated heterocycles. The van der Waals surface area contributed by atoms with Crippen molar-refractivity contribution in [2.24, 2.45) is 34.5 Å². The largest absolute Gasteiger partial charge is 0.449 e. The summed E-state index contributed by atoms with van der Waals surface area (Å²) in [7, 11) is 0. The number of anilines is 2. The third-order valence-electron chi connectivity index (χ3n) is 14.0. The first-order valence-corrected chi connectivity index (χ1v) is 19.4. The van der Waals surface area contributed by atoms with Gasteiger partial charge in [0.15, 0.2) is 5.78 Å². The van der Waals surface area contributed by atoms with Gasteiger partial charge in [-0.05, 0) is 119 Å². The van der Waals surface area contributed by atoms with Crippen LogP contribution in [0.5, 0.6) is 0 Å². The maximum atomic E-state index is 13.5. The van der Waals surface area contributed by atoms with E-state index in [4.69, 9.17) is 9.15 Å². The van der Waals surface area contributed by atoms with Gasteiger partial charge in [0.05, 0.1) is 41.8 Å². The number of benzene rings is 1. The van der Waals surface area contributed by atoms with Gasteiger partial charge in [-0.3, -0.25) is 10.1 Å². The number of aliphatic hydroxyl groups is 5. The van der Waals surface area contributed by atoms with Crippen LogP contribution in [0.1, 0.15) is 92.9 Å². The first kappa shape index (κ1) is 39.4. The van der Waals surface area contributed by atoms with Crippen LogP contribution in [0.4, 0.5) is 16.2 Å². The first-order valence-electron chi connectivity index (χ1n) is 19.4. The fraction of sp³-hybridized carbons (Fsp3) is 0.683. The number of fused-ring (bicyclic) bond motifs is 6. The molecule has 53 heavy (non-hydrogen) atoms. The smallest absolute Gasteiger partial charge is 0.411 e. The molecule has 2 aromatic rings. The lowest BCUT2D eigenvalue weighted by Gasteiger charge is -2.60. The van der Waals surface area contributed by atoms with E-state index in [1.54, 1.807) is 25.1 Å². The van der Waals surface area contributed by atoms with E-state index >= 15 is 0 Å². The molecule has 11 atom stereocenters. The lowest BCUT2D eigenvalue weighted by atomic mass is 9.45. The molecule has 4 aliphatic rings. The maximum absolute atomic E-state index is 13.5. The number of nitrogens with zero attached hydrogens (tertiary/aromatic N) is 1. The molecule has 0 spiro atoms. The van der Waals surface area contributed by atoms with Gasteiger partial charge < -0.3 is 39.6 Å². The summed E-state index contributed by atoms with van der Waals surface area (Å²) in [6, 6.07) is 6.69. The first-order chi connectivity index (χ1) is 24.9. The van der Waals surface area contributed by atoms with Gasteiger partial charge in [0.1, 0.15) is 5.58 Å². The van der Waals surface area contributed by atoms with Gasteiger partial charge >= 0.3 is 11.7 Å². The predicted octanol–water partition coefficient (Wildman–Crippen LogP) is 4.92. The number of ether oxygens (including phenoxy) is 1. The molecule has 1 heterocycles. The Labute approximate surface area is 311 Å². The summed E-state index contributed by atoms with van der Waals surface area (Å²) >= 11 is 0. The second-order valence-electron chi connectivity index (χ2n) is 17.1. The second-order valence-corrected chi connectivity index (χ2v) is 17.1. The molecule has 6 rings (SSSR count). The monoisotopic (exact) mass is 738 g/mol. The molecule has 4 aliphatic carbocycles. The highest BCUT2D eigenvalue weighted by molar-refractivity contribution is 5.98. The van der Waals surface area contributed by atoms with Gasteiger partial charge in [0.2, 0.25) is 0 Å². The Morgan fingerprint density at radius 2 is 1.79 bits per heavy atom. The average molecular weight is 739 g/mol. The molecular formula is C41H58N2O10. The standard InChI is InChI=1S/C41H58N2O10/c1-7-43(8-2)24-10-11-25-29(20-36(48)53-33(25)17-24)42-37(49)52-22-23(3)9-12-35(47)40(6,50)34-14-16-41(51)27-18-30(44)28-19-31(45)32(46)21-38(28,4)26(27)13-15-39(34,41)5/h10-11,17-18,20,23,26,28,31-32,34-35,45-47,50-51H,7-9,12-16,19,21-22H2,1-6H3,(H,42,49)/t23?,26?,28?,31-,32+,34?,35-,38?,39-,40-,41-/m1/s1. The molecule has 12 heteroatoms. The van der Waals surface area contributed by atoms with Crippen LogP contribution in [0.3, 0.4) is 0 Å². The van der Waals surface area contributed by atoms with E-state index in [2.05, 4.69) is 10.2 Å². The van der Waals surface area contributed by atoms with E-state index in [-0.39, 0.29) is 49.2 Å². The number of amides is 1. The summed E-state index contributed by atoms with van der Waals surface area (Å²) in [4.78, 5) is 40.7. The molecule has 0 aliphatic heterocycles. The molecule has 5 unspecified atom stereocenters. The van der Waals surface area contributed by atoms with Gasteiger partial charge in [-0.1, -0.05) is 20.8 Å². The highest BCUT2D eigenvalue weighted by atomic mass is 16.5. The number of rotatable bonds is 11. The van der Waals surface area contributed by atoms with Crippen LogP contribution in [0.15, 0.2) is 45.1 Å². The molecular weight excluding hydrogens is 680 g/mol. The number of ketones is 1. The van der Waals surface area contributed by atoms with Crippen molar-refractivity contribution in [2.75, 3.05) is 29.9 Å². The van der Waals surface area contributed by atoms with Crippen molar-refractivity contribution in [3.8, 4) is 0 Å². The van der Waals surface area contributed by atoms with Crippen molar-refractivity contribution in [2.45, 2.75) is 122 Å². The van der Waals surface area contributed by atoms with Crippen molar-refractivity contribution < 1.29 is 44.3 Å². The minimum Gasteiger partial charge on any atom is -0.449 e. The van der Waals surface area contributed by atoms with Gasteiger partial charge in [-0.25, -0.2) is 9.59 Å². The highest BCUT2D eigenvalue weighted by Crippen LogP contribution is 2.68. The lowest BCUT2D eigenvalue weighted by Crippen LogP contribution is -2.62. The summed E-state index contributed by atoms with van der Waals surface area (Å²) in [5, 5.41) is 60.2. The number of hydrogen-bond donors (Lipinski definition) is 6. The Balaban J connectivity index is 1.07. The second kappa shape index (κ2) is 14.4. The molecule has 6 N–H and O–H groups in total. The number of hydrogen-bond acceptors (Lipinski definition) is 11. The Bertz CT molecular complexity index is 1800. The minimum atomic E-state index is -1.55. The molecule has 1 amide bonds. The lowest BCUT2D eigenvalue weighted by molar-refractivity contribution is -0.176. The third kappa shape index (κ3) is 6.73. The molecule has 0 radical (unpaired) electrons. The Kier molecular flexibility index (Phi) is 10.7. The normalized spacial score (nSPS) is 34.6. The molecule has 3 fully saturated rings. The molecule has 0 bridgehead atoms. The van der Waals surface area contributed by atoms with Crippen LogP contribution in [-0.2, 0) is 9.53 Å². The van der Waals surface area contributed by atoms with E-state index in [0.29, 0.717) is 48.6 Å². The number of aliphatic hydroxyl groups excluding tert-OH is 3. The summed E-state index contributed by atoms with van der Waals surface area (Å²) < 4.78 is 10.9. The van der Waals surface area contributed by atoms with Crippen molar-refractivity contribution in [1.29, 1.82) is 0 Å². The van der Waals surface area contributed by atoms with Crippen molar-refractivity contribution >= 4 is 34.2 Å². The van der Waals surface area contributed by atoms with Crippen LogP contribution < -0.4 is 15.8 Å². The zero-order valence-electron chi connectivity index (χ0n) is 31.9. The van der Waals surface area contributed by atoms with Crippen molar-refractivity contribution in [3.63, 3.8) is 0 Å². The van der Waals surface area contributed by atoms with E-state index in [1.807, 2.05) is 40.7 Å². The van der Waals surface area contributed by atoms with Gasteiger partial charge in [-0.15, -0.1) is 0 Å². The predicted molar refractivity (Wildman–Crippen MR) is 200 cm³/mol. The molecule has 3 saturated carbocycles. The Morgan fingerprint density at radius 3 is 2.49 bits per heavy atom. The van der Waals surface area contributed by atoms with E-state index in [1.165, 1.54) is 6.07 Å². The zero-order chi connectivity index (χ0) is 38.7. The van der Waals surface area contributed by atoms with Crippen LogP contribution in [0.2, 0.25) is 0 Å². The van der Waals surface area contributed by atoms with Crippen molar-refractivity contribution in [3.05, 3.63) is 46.3 Å². The fourth-order valence-electron chi connectivity index (χ4n) is 10.8. The molecule has 12 nitrogen and oxygen atoms in total. The summed E-state index contributed by atoms with van der Waals surface area (Å²) in [6.45, 7) is 13.2. The molecule has 1 aromatic carbocycles. The van der Waals surface area contributed by atoms with Crippen LogP contribution in [0, 0.1) is 34.5 Å². The summed E-state index contributed by atoms with van der Waals surface area (Å²) in [5.74, 6) is -1.32. The zero-order valence-corrected chi connectivity index (χ0v) is 31.9. The average Bonchev–Trinajstić information content (AvgIpc) is 3.39. The molecule has 292 valence electrons. The minimum absolute atomic E-state index is 0.0438. The quantitative estimate of drug-likeness (QED) is 0.172. The van der Waals surface area contributed by atoms with Gasteiger partial charge in [-0.2, -0.15) is 0 Å². The number of carbonyl (C=O) groups is 2. The van der Waals surface area contributed by atoms with E-state index in [0.717, 1.165) is 18.8 Å². The Morgan fingerprint density at radius 1 is 1.08 bits per heavy atom. The fourth-order valence-corrected chi connectivity index (χ4v) is 10.8. The number of allylic oxidation sites excluding steroid dienone is 1. The SMILES string of the molecule is CCN(CC)c1ccc2c(NC(=O)OCC(C)CC[C@@H](O)[C@](C)(O)C3CC[C@@]4(O)C5=CC(=O)C6C[C@@H](O)[C@@H](O)CC6(C)C5CC[C@]34C)cc(=O)oc2c1. The highest BCUT2D eigenvalue weighted by Gasteiger charge is 2.69. The number of carbonyl (C=O) groups excluding carboxylic acids is 2. The Hall–Kier alpha value is -3.29. The van der Waals surface area contributed by atoms with E-state index in [9.17, 15) is 39.9 Å². The van der Waals surface area contributed by atoms with Gasteiger partial charge in [0.25, 0.3) is 0 Å². The van der Waals surface area contributed by atoms with Crippen molar-refractivity contribution in [1.82, 2.24) is 0 Å². The van der Waals surface area contributed by atoms with Gasteiger partial charge in [0, 0.05) is 47.6 Å².